The van der Waals surface area contributed by atoms with E-state index in [1.54, 1.807) is 0 Å². The minimum Gasteiger partial charge on any atom is -0.341 e. The molecule has 0 bridgehead atoms. The van der Waals surface area contributed by atoms with Crippen LogP contribution in [0.5, 0.6) is 0 Å². The standard InChI is InChI=1S/C14H21N3/c1-5-11(4)15-8-14-16-12-6-9(2)10(3)7-13(12)17-14/h6-7,11,15H,5,8H2,1-4H3,(H,16,17). The lowest BCUT2D eigenvalue weighted by molar-refractivity contribution is 0.525. The number of hydrogen-bond acceptors (Lipinski definition) is 2. The molecule has 0 radical (unpaired) electrons. The maximum absolute atomic E-state index is 4.60. The lowest BCUT2D eigenvalue weighted by atomic mass is 10.1. The van der Waals surface area contributed by atoms with Gasteiger partial charge in [-0.2, -0.15) is 0 Å². The molecule has 0 amide bonds. The van der Waals surface area contributed by atoms with E-state index in [1.807, 2.05) is 0 Å². The third-order valence-electron chi connectivity index (χ3n) is 3.38. The zero-order valence-corrected chi connectivity index (χ0v) is 11.1. The van der Waals surface area contributed by atoms with Crippen molar-refractivity contribution in [3.63, 3.8) is 0 Å². The summed E-state index contributed by atoms with van der Waals surface area (Å²) in [4.78, 5) is 7.97. The number of aryl methyl sites for hydroxylation is 2. The average Bonchev–Trinajstić information content (AvgIpc) is 2.68. The van der Waals surface area contributed by atoms with Crippen molar-refractivity contribution in [1.29, 1.82) is 0 Å². The van der Waals surface area contributed by atoms with E-state index in [4.69, 9.17) is 0 Å². The van der Waals surface area contributed by atoms with Crippen molar-refractivity contribution >= 4 is 11.0 Å². The van der Waals surface area contributed by atoms with Gasteiger partial charge in [0.2, 0.25) is 0 Å². The summed E-state index contributed by atoms with van der Waals surface area (Å²) in [6.07, 6.45) is 1.14. The number of aromatic nitrogens is 2. The van der Waals surface area contributed by atoms with E-state index in [2.05, 4.69) is 55.1 Å². The first-order valence-electron chi connectivity index (χ1n) is 6.29. The highest BCUT2D eigenvalue weighted by atomic mass is 15.0. The number of fused-ring (bicyclic) bond motifs is 1. The Morgan fingerprint density at radius 3 is 2.71 bits per heavy atom. The number of aromatic amines is 1. The Bertz CT molecular complexity index is 474. The molecule has 2 rings (SSSR count). The minimum atomic E-state index is 0.534. The fraction of sp³-hybridized carbons (Fsp3) is 0.500. The minimum absolute atomic E-state index is 0.534. The van der Waals surface area contributed by atoms with Crippen LogP contribution in [-0.4, -0.2) is 16.0 Å². The number of rotatable bonds is 4. The summed E-state index contributed by atoms with van der Waals surface area (Å²) in [6, 6.07) is 4.85. The lowest BCUT2D eigenvalue weighted by Gasteiger charge is -2.08. The van der Waals surface area contributed by atoms with Crippen LogP contribution in [0.2, 0.25) is 0 Å². The number of H-pyrrole nitrogens is 1. The van der Waals surface area contributed by atoms with Gasteiger partial charge < -0.3 is 10.3 Å². The van der Waals surface area contributed by atoms with Gasteiger partial charge in [0.15, 0.2) is 0 Å². The third-order valence-corrected chi connectivity index (χ3v) is 3.38. The van der Waals surface area contributed by atoms with Gasteiger partial charge in [-0.25, -0.2) is 4.98 Å². The summed E-state index contributed by atoms with van der Waals surface area (Å²) < 4.78 is 0. The molecule has 1 aromatic heterocycles. The normalized spacial score (nSPS) is 13.2. The Labute approximate surface area is 103 Å². The molecule has 0 aliphatic carbocycles. The second-order valence-electron chi connectivity index (χ2n) is 4.83. The maximum Gasteiger partial charge on any atom is 0.121 e. The van der Waals surface area contributed by atoms with Gasteiger partial charge in [0, 0.05) is 6.04 Å². The van der Waals surface area contributed by atoms with Gasteiger partial charge >= 0.3 is 0 Å². The Morgan fingerprint density at radius 1 is 1.29 bits per heavy atom. The van der Waals surface area contributed by atoms with E-state index < -0.39 is 0 Å². The zero-order chi connectivity index (χ0) is 12.4. The predicted molar refractivity (Wildman–Crippen MR) is 72.2 cm³/mol. The monoisotopic (exact) mass is 231 g/mol. The fourth-order valence-electron chi connectivity index (χ4n) is 1.82. The molecular weight excluding hydrogens is 210 g/mol. The Kier molecular flexibility index (Phi) is 3.48. The highest BCUT2D eigenvalue weighted by Gasteiger charge is 2.05. The number of imidazole rings is 1. The van der Waals surface area contributed by atoms with E-state index >= 15 is 0 Å². The van der Waals surface area contributed by atoms with Crippen LogP contribution in [0.15, 0.2) is 12.1 Å². The molecule has 0 aliphatic rings. The predicted octanol–water partition coefficient (Wildman–Crippen LogP) is 3.07. The molecule has 3 nitrogen and oxygen atoms in total. The Balaban J connectivity index is 2.20. The van der Waals surface area contributed by atoms with Crippen molar-refractivity contribution in [2.45, 2.75) is 46.7 Å². The summed E-state index contributed by atoms with van der Waals surface area (Å²) >= 11 is 0. The smallest absolute Gasteiger partial charge is 0.121 e. The number of benzene rings is 1. The van der Waals surface area contributed by atoms with Crippen LogP contribution in [0, 0.1) is 13.8 Å². The molecular formula is C14H21N3. The molecule has 17 heavy (non-hydrogen) atoms. The molecule has 1 aromatic carbocycles. The van der Waals surface area contributed by atoms with Crippen molar-refractivity contribution < 1.29 is 0 Å². The van der Waals surface area contributed by atoms with Crippen LogP contribution in [0.3, 0.4) is 0 Å². The Hall–Kier alpha value is -1.35. The van der Waals surface area contributed by atoms with Gasteiger partial charge in [0.05, 0.1) is 17.6 Å². The van der Waals surface area contributed by atoms with E-state index in [9.17, 15) is 0 Å². The van der Waals surface area contributed by atoms with Gasteiger partial charge in [0.1, 0.15) is 5.82 Å². The highest BCUT2D eigenvalue weighted by molar-refractivity contribution is 5.77. The molecule has 0 fully saturated rings. The van der Waals surface area contributed by atoms with Crippen LogP contribution in [0.1, 0.15) is 37.2 Å². The molecule has 2 aromatic rings. The molecule has 3 heteroatoms. The molecule has 2 N–H and O–H groups in total. The van der Waals surface area contributed by atoms with Crippen LogP contribution < -0.4 is 5.32 Å². The highest BCUT2D eigenvalue weighted by Crippen LogP contribution is 2.17. The van der Waals surface area contributed by atoms with E-state index in [0.29, 0.717) is 6.04 Å². The lowest BCUT2D eigenvalue weighted by Crippen LogP contribution is -2.24. The molecule has 1 heterocycles. The first-order valence-corrected chi connectivity index (χ1v) is 6.29. The molecule has 92 valence electrons. The van der Waals surface area contributed by atoms with Crippen molar-refractivity contribution in [2.75, 3.05) is 0 Å². The van der Waals surface area contributed by atoms with Crippen LogP contribution in [-0.2, 0) is 6.54 Å². The number of hydrogen-bond donors (Lipinski definition) is 2. The van der Waals surface area contributed by atoms with Gasteiger partial charge in [-0.15, -0.1) is 0 Å². The van der Waals surface area contributed by atoms with Gasteiger partial charge in [-0.3, -0.25) is 0 Å². The van der Waals surface area contributed by atoms with E-state index in [1.165, 1.54) is 11.1 Å². The molecule has 0 saturated carbocycles. The van der Waals surface area contributed by atoms with Crippen molar-refractivity contribution in [3.8, 4) is 0 Å². The van der Waals surface area contributed by atoms with Gasteiger partial charge in [-0.05, 0) is 50.5 Å². The largest absolute Gasteiger partial charge is 0.341 e. The topological polar surface area (TPSA) is 40.7 Å². The van der Waals surface area contributed by atoms with Gasteiger partial charge in [-0.1, -0.05) is 6.92 Å². The SMILES string of the molecule is CCC(C)NCc1nc2cc(C)c(C)cc2[nH]1. The summed E-state index contributed by atoms with van der Waals surface area (Å²) in [5.74, 6) is 1.02. The van der Waals surface area contributed by atoms with E-state index in [-0.39, 0.29) is 0 Å². The van der Waals surface area contributed by atoms with Crippen LogP contribution >= 0.6 is 0 Å². The third kappa shape index (κ3) is 2.67. The average molecular weight is 231 g/mol. The van der Waals surface area contributed by atoms with Crippen molar-refractivity contribution in [2.24, 2.45) is 0 Å². The molecule has 0 aliphatic heterocycles. The molecule has 0 saturated heterocycles. The van der Waals surface area contributed by atoms with Crippen molar-refractivity contribution in [3.05, 3.63) is 29.1 Å². The maximum atomic E-state index is 4.60. The molecule has 1 atom stereocenters. The quantitative estimate of drug-likeness (QED) is 0.849. The number of nitrogens with one attached hydrogen (secondary N) is 2. The van der Waals surface area contributed by atoms with Gasteiger partial charge in [0.25, 0.3) is 0 Å². The first kappa shape index (κ1) is 12.1. The van der Waals surface area contributed by atoms with E-state index in [0.717, 1.165) is 29.8 Å². The molecule has 0 spiro atoms. The Morgan fingerprint density at radius 2 is 2.00 bits per heavy atom. The fourth-order valence-corrected chi connectivity index (χ4v) is 1.82. The first-order chi connectivity index (χ1) is 8.10. The van der Waals surface area contributed by atoms with Crippen molar-refractivity contribution in [1.82, 2.24) is 15.3 Å². The number of nitrogens with zero attached hydrogens (tertiary/aromatic N) is 1. The summed E-state index contributed by atoms with van der Waals surface area (Å²) in [6.45, 7) is 9.44. The second-order valence-corrected chi connectivity index (χ2v) is 4.83. The summed E-state index contributed by atoms with van der Waals surface area (Å²) in [7, 11) is 0. The summed E-state index contributed by atoms with van der Waals surface area (Å²) in [5, 5.41) is 3.45. The summed E-state index contributed by atoms with van der Waals surface area (Å²) in [5.41, 5.74) is 4.80. The van der Waals surface area contributed by atoms with Crippen LogP contribution in [0.25, 0.3) is 11.0 Å². The zero-order valence-electron chi connectivity index (χ0n) is 11.1. The second kappa shape index (κ2) is 4.88. The molecule has 1 unspecified atom stereocenters. The van der Waals surface area contributed by atoms with Crippen LogP contribution in [0.4, 0.5) is 0 Å².